The molecule has 0 amide bonds. The summed E-state index contributed by atoms with van der Waals surface area (Å²) in [5.74, 6) is 0.630. The van der Waals surface area contributed by atoms with Crippen LogP contribution >= 0.6 is 0 Å². The molecule has 1 aliphatic heterocycles. The van der Waals surface area contributed by atoms with Gasteiger partial charge in [-0.3, -0.25) is 4.90 Å². The van der Waals surface area contributed by atoms with Crippen LogP contribution in [0.3, 0.4) is 0 Å². The fraction of sp³-hybridized carbons (Fsp3) is 0.471. The molecule has 1 aromatic heterocycles. The first-order valence-corrected chi connectivity index (χ1v) is 7.47. The highest BCUT2D eigenvalue weighted by Crippen LogP contribution is 2.25. The molecule has 0 aliphatic carbocycles. The van der Waals surface area contributed by atoms with Crippen LogP contribution in [0.2, 0.25) is 0 Å². The minimum Gasteiger partial charge on any atom is -0.383 e. The Bertz CT molecular complexity index is 654. The Balaban J connectivity index is 1.85. The number of rotatable bonds is 2. The number of pyridine rings is 1. The van der Waals surface area contributed by atoms with Crippen molar-refractivity contribution in [2.24, 2.45) is 0 Å². The van der Waals surface area contributed by atoms with Gasteiger partial charge < -0.3 is 10.5 Å². The lowest BCUT2D eigenvalue weighted by Crippen LogP contribution is -2.51. The van der Waals surface area contributed by atoms with Crippen molar-refractivity contribution in [2.75, 3.05) is 18.8 Å². The van der Waals surface area contributed by atoms with Crippen molar-refractivity contribution < 1.29 is 4.74 Å². The van der Waals surface area contributed by atoms with Gasteiger partial charge in [-0.05, 0) is 32.9 Å². The average Bonchev–Trinajstić information content (AvgIpc) is 2.37. The van der Waals surface area contributed by atoms with E-state index in [9.17, 15) is 0 Å². The smallest absolute Gasteiger partial charge is 0.128 e. The van der Waals surface area contributed by atoms with Crippen molar-refractivity contribution in [2.45, 2.75) is 39.0 Å². The number of nitrogen functional groups attached to an aromatic ring is 1. The second-order valence-electron chi connectivity index (χ2n) is 6.58. The van der Waals surface area contributed by atoms with Gasteiger partial charge in [-0.2, -0.15) is 0 Å². The predicted molar refractivity (Wildman–Crippen MR) is 86.1 cm³/mol. The zero-order valence-corrected chi connectivity index (χ0v) is 13.0. The molecule has 1 atom stereocenters. The van der Waals surface area contributed by atoms with Crippen LogP contribution in [0.5, 0.6) is 0 Å². The van der Waals surface area contributed by atoms with Crippen LogP contribution < -0.4 is 5.73 Å². The predicted octanol–water partition coefficient (Wildman–Crippen LogP) is 2.82. The van der Waals surface area contributed by atoms with Gasteiger partial charge in [-0.15, -0.1) is 0 Å². The minimum absolute atomic E-state index is 0.114. The number of morpholine rings is 1. The molecule has 2 heterocycles. The van der Waals surface area contributed by atoms with E-state index in [4.69, 9.17) is 10.5 Å². The molecular weight excluding hydrogens is 262 g/mol. The second kappa shape index (κ2) is 5.28. The molecule has 1 unspecified atom stereocenters. The van der Waals surface area contributed by atoms with Crippen molar-refractivity contribution in [3.63, 3.8) is 0 Å². The second-order valence-corrected chi connectivity index (χ2v) is 6.58. The lowest BCUT2D eigenvalue weighted by atomic mass is 10.0. The third-order valence-corrected chi connectivity index (χ3v) is 3.87. The molecule has 21 heavy (non-hydrogen) atoms. The van der Waals surface area contributed by atoms with Crippen molar-refractivity contribution in [3.05, 3.63) is 35.9 Å². The number of para-hydroxylation sites is 1. The maximum absolute atomic E-state index is 6.14. The Morgan fingerprint density at radius 1 is 1.38 bits per heavy atom. The first-order chi connectivity index (χ1) is 9.93. The number of nitrogens with zero attached hydrogens (tertiary/aromatic N) is 2. The Morgan fingerprint density at radius 3 is 2.90 bits per heavy atom. The standard InChI is InChI=1S/C17H23N3O/c1-12-9-20(11-17(2,3)21-12)10-14-8-13-6-4-5-7-15(13)19-16(14)18/h4-8,12H,9-11H2,1-3H3,(H2,18,19). The summed E-state index contributed by atoms with van der Waals surface area (Å²) in [6.07, 6.45) is 0.239. The molecule has 112 valence electrons. The Morgan fingerprint density at radius 2 is 2.14 bits per heavy atom. The lowest BCUT2D eigenvalue weighted by Gasteiger charge is -2.41. The normalized spacial score (nSPS) is 22.5. The molecule has 0 saturated carbocycles. The van der Waals surface area contributed by atoms with Crippen molar-refractivity contribution in [1.82, 2.24) is 9.88 Å². The zero-order valence-electron chi connectivity index (χ0n) is 13.0. The molecule has 2 aromatic rings. The number of anilines is 1. The van der Waals surface area contributed by atoms with E-state index in [0.717, 1.165) is 36.1 Å². The van der Waals surface area contributed by atoms with E-state index in [1.807, 2.05) is 18.2 Å². The van der Waals surface area contributed by atoms with Gasteiger partial charge in [0.15, 0.2) is 0 Å². The van der Waals surface area contributed by atoms with Gasteiger partial charge in [0.1, 0.15) is 5.82 Å². The summed E-state index contributed by atoms with van der Waals surface area (Å²) < 4.78 is 5.95. The molecule has 2 N–H and O–H groups in total. The molecule has 0 bridgehead atoms. The SMILES string of the molecule is CC1CN(Cc2cc3ccccc3nc2N)CC(C)(C)O1. The summed E-state index contributed by atoms with van der Waals surface area (Å²) in [5.41, 5.74) is 8.07. The van der Waals surface area contributed by atoms with Gasteiger partial charge in [0.05, 0.1) is 17.2 Å². The van der Waals surface area contributed by atoms with E-state index in [0.29, 0.717) is 5.82 Å². The summed E-state index contributed by atoms with van der Waals surface area (Å²) in [6.45, 7) is 9.05. The van der Waals surface area contributed by atoms with E-state index >= 15 is 0 Å². The number of hydrogen-bond acceptors (Lipinski definition) is 4. The van der Waals surface area contributed by atoms with Crippen molar-refractivity contribution in [3.8, 4) is 0 Å². The molecule has 1 aliphatic rings. The molecule has 0 spiro atoms. The molecule has 3 rings (SSSR count). The van der Waals surface area contributed by atoms with Gasteiger partial charge in [0, 0.05) is 30.6 Å². The van der Waals surface area contributed by atoms with Crippen LogP contribution in [0, 0.1) is 0 Å². The highest BCUT2D eigenvalue weighted by Gasteiger charge is 2.31. The number of ether oxygens (including phenoxy) is 1. The van der Waals surface area contributed by atoms with E-state index in [2.05, 4.69) is 42.8 Å². The first kappa shape index (κ1) is 14.3. The minimum atomic E-state index is -0.114. The average molecular weight is 285 g/mol. The van der Waals surface area contributed by atoms with Crippen LogP contribution in [0.4, 0.5) is 5.82 Å². The zero-order chi connectivity index (χ0) is 15.0. The van der Waals surface area contributed by atoms with Crippen LogP contribution in [0.1, 0.15) is 26.3 Å². The van der Waals surface area contributed by atoms with E-state index in [1.165, 1.54) is 0 Å². The third kappa shape index (κ3) is 3.17. The number of benzene rings is 1. The van der Waals surface area contributed by atoms with Crippen molar-refractivity contribution in [1.29, 1.82) is 0 Å². The Kier molecular flexibility index (Phi) is 3.59. The molecule has 1 aromatic carbocycles. The molecule has 4 heteroatoms. The fourth-order valence-corrected chi connectivity index (χ4v) is 3.25. The largest absolute Gasteiger partial charge is 0.383 e. The molecular formula is C17H23N3O. The van der Waals surface area contributed by atoms with Gasteiger partial charge in [-0.1, -0.05) is 18.2 Å². The topological polar surface area (TPSA) is 51.4 Å². The van der Waals surface area contributed by atoms with E-state index in [1.54, 1.807) is 0 Å². The molecule has 4 nitrogen and oxygen atoms in total. The monoisotopic (exact) mass is 285 g/mol. The van der Waals surface area contributed by atoms with Crippen LogP contribution in [0.25, 0.3) is 10.9 Å². The van der Waals surface area contributed by atoms with Crippen LogP contribution in [0.15, 0.2) is 30.3 Å². The summed E-state index contributed by atoms with van der Waals surface area (Å²) in [7, 11) is 0. The number of hydrogen-bond donors (Lipinski definition) is 1. The summed E-state index contributed by atoms with van der Waals surface area (Å²) >= 11 is 0. The summed E-state index contributed by atoms with van der Waals surface area (Å²) in [6, 6.07) is 10.3. The fourth-order valence-electron chi connectivity index (χ4n) is 3.25. The number of nitrogens with two attached hydrogens (primary N) is 1. The third-order valence-electron chi connectivity index (χ3n) is 3.87. The Hall–Kier alpha value is -1.65. The van der Waals surface area contributed by atoms with E-state index in [-0.39, 0.29) is 11.7 Å². The highest BCUT2D eigenvalue weighted by molar-refractivity contribution is 5.81. The molecule has 1 saturated heterocycles. The van der Waals surface area contributed by atoms with Crippen LogP contribution in [-0.4, -0.2) is 34.7 Å². The number of aromatic nitrogens is 1. The number of fused-ring (bicyclic) bond motifs is 1. The van der Waals surface area contributed by atoms with Crippen molar-refractivity contribution >= 4 is 16.7 Å². The summed E-state index contributed by atoms with van der Waals surface area (Å²) in [5, 5.41) is 1.14. The maximum Gasteiger partial charge on any atom is 0.128 e. The quantitative estimate of drug-likeness (QED) is 0.922. The van der Waals surface area contributed by atoms with E-state index < -0.39 is 0 Å². The Labute approximate surface area is 125 Å². The van der Waals surface area contributed by atoms with Gasteiger partial charge >= 0.3 is 0 Å². The summed E-state index contributed by atoms with van der Waals surface area (Å²) in [4.78, 5) is 6.92. The van der Waals surface area contributed by atoms with Gasteiger partial charge in [0.25, 0.3) is 0 Å². The lowest BCUT2D eigenvalue weighted by molar-refractivity contribution is -0.130. The van der Waals surface area contributed by atoms with Crippen LogP contribution in [-0.2, 0) is 11.3 Å². The van der Waals surface area contributed by atoms with Gasteiger partial charge in [-0.25, -0.2) is 4.98 Å². The van der Waals surface area contributed by atoms with Gasteiger partial charge in [0.2, 0.25) is 0 Å². The molecule has 1 fully saturated rings. The maximum atomic E-state index is 6.14. The highest BCUT2D eigenvalue weighted by atomic mass is 16.5. The first-order valence-electron chi connectivity index (χ1n) is 7.47. The molecule has 0 radical (unpaired) electrons.